The fourth-order valence-corrected chi connectivity index (χ4v) is 4.33. The third-order valence-corrected chi connectivity index (χ3v) is 6.22. The highest BCUT2D eigenvalue weighted by molar-refractivity contribution is 5.97. The summed E-state index contributed by atoms with van der Waals surface area (Å²) in [4.78, 5) is 29.7. The van der Waals surface area contributed by atoms with E-state index in [2.05, 4.69) is 5.32 Å². The summed E-state index contributed by atoms with van der Waals surface area (Å²) in [5, 5.41) is 3.02. The Morgan fingerprint density at radius 3 is 2.32 bits per heavy atom. The summed E-state index contributed by atoms with van der Waals surface area (Å²) in [5.41, 5.74) is 3.63. The Balaban J connectivity index is 1.40. The van der Waals surface area contributed by atoms with Gasteiger partial charge in [-0.2, -0.15) is 0 Å². The van der Waals surface area contributed by atoms with Crippen molar-refractivity contribution in [2.24, 2.45) is 0 Å². The number of amides is 3. The molecule has 1 N–H and O–H groups in total. The number of carbonyl (C=O) groups excluding carboxylic acids is 2. The molecule has 4 rings (SSSR count). The van der Waals surface area contributed by atoms with E-state index in [1.54, 1.807) is 12.0 Å². The first-order chi connectivity index (χ1) is 16.6. The van der Waals surface area contributed by atoms with Crippen molar-refractivity contribution >= 4 is 23.3 Å². The maximum Gasteiger partial charge on any atom is 0.324 e. The highest BCUT2D eigenvalue weighted by atomic mass is 16.5. The summed E-state index contributed by atoms with van der Waals surface area (Å²) in [6.45, 7) is 3.98. The van der Waals surface area contributed by atoms with E-state index in [4.69, 9.17) is 4.74 Å². The predicted molar refractivity (Wildman–Crippen MR) is 135 cm³/mol. The molecule has 6 heteroatoms. The Kier molecular flexibility index (Phi) is 7.48. The molecule has 176 valence electrons. The van der Waals surface area contributed by atoms with E-state index in [9.17, 15) is 9.59 Å². The second-order valence-electron chi connectivity index (χ2n) is 8.47. The third kappa shape index (κ3) is 5.39. The largest absolute Gasteiger partial charge is 0.497 e. The van der Waals surface area contributed by atoms with Gasteiger partial charge in [0.1, 0.15) is 5.75 Å². The van der Waals surface area contributed by atoms with Crippen molar-refractivity contribution in [3.05, 3.63) is 90.0 Å². The number of ether oxygens (including phenoxy) is 1. The van der Waals surface area contributed by atoms with Gasteiger partial charge in [-0.1, -0.05) is 49.4 Å². The summed E-state index contributed by atoms with van der Waals surface area (Å²) in [7, 11) is 1.64. The number of methoxy groups -OCH3 is 1. The number of nitrogens with zero attached hydrogens (tertiary/aromatic N) is 2. The van der Waals surface area contributed by atoms with Crippen molar-refractivity contribution in [1.29, 1.82) is 0 Å². The minimum Gasteiger partial charge on any atom is -0.497 e. The summed E-state index contributed by atoms with van der Waals surface area (Å²) < 4.78 is 5.22. The van der Waals surface area contributed by atoms with Gasteiger partial charge in [0.2, 0.25) is 5.91 Å². The molecule has 0 radical (unpaired) electrons. The molecule has 3 amide bonds. The van der Waals surface area contributed by atoms with Crippen molar-refractivity contribution < 1.29 is 14.3 Å². The molecule has 0 spiro atoms. The van der Waals surface area contributed by atoms with Crippen molar-refractivity contribution in [2.45, 2.75) is 32.2 Å². The molecule has 3 aromatic carbocycles. The first-order valence-electron chi connectivity index (χ1n) is 11.7. The van der Waals surface area contributed by atoms with Gasteiger partial charge in [-0.3, -0.25) is 9.69 Å². The van der Waals surface area contributed by atoms with E-state index in [0.29, 0.717) is 13.1 Å². The Bertz CT molecular complexity index is 1100. The van der Waals surface area contributed by atoms with Crippen LogP contribution in [-0.4, -0.2) is 37.0 Å². The molecule has 0 saturated carbocycles. The van der Waals surface area contributed by atoms with E-state index in [0.717, 1.165) is 47.6 Å². The Labute approximate surface area is 201 Å². The molecule has 6 nitrogen and oxygen atoms in total. The van der Waals surface area contributed by atoms with Crippen LogP contribution >= 0.6 is 0 Å². The van der Waals surface area contributed by atoms with Crippen LogP contribution in [0.25, 0.3) is 0 Å². The van der Waals surface area contributed by atoms with Crippen LogP contribution in [0.15, 0.2) is 78.9 Å². The standard InChI is InChI=1S/C28H31N3O3/c1-3-26(22-8-5-4-6-9-22)27(32)29-23-12-14-24(15-13-23)31-19-7-18-30(28(31)33)20-21-10-16-25(34-2)17-11-21/h4-6,8-17,26H,3,7,18-20H2,1-2H3,(H,29,32). The quantitative estimate of drug-likeness (QED) is 0.475. The van der Waals surface area contributed by atoms with Gasteiger partial charge in [-0.25, -0.2) is 4.79 Å². The van der Waals surface area contributed by atoms with Gasteiger partial charge in [0.15, 0.2) is 0 Å². The molecule has 0 aromatic heterocycles. The molecule has 1 saturated heterocycles. The second-order valence-corrected chi connectivity index (χ2v) is 8.47. The lowest BCUT2D eigenvalue weighted by Gasteiger charge is -2.35. The molecule has 34 heavy (non-hydrogen) atoms. The van der Waals surface area contributed by atoms with Gasteiger partial charge >= 0.3 is 6.03 Å². The van der Waals surface area contributed by atoms with Crippen LogP contribution in [0.5, 0.6) is 5.75 Å². The van der Waals surface area contributed by atoms with E-state index >= 15 is 0 Å². The summed E-state index contributed by atoms with van der Waals surface area (Å²) in [6, 6.07) is 25.1. The molecule has 1 aliphatic heterocycles. The van der Waals surface area contributed by atoms with Gasteiger partial charge in [-0.05, 0) is 60.4 Å². The number of urea groups is 1. The monoisotopic (exact) mass is 457 g/mol. The topological polar surface area (TPSA) is 61.9 Å². The van der Waals surface area contributed by atoms with Gasteiger partial charge in [-0.15, -0.1) is 0 Å². The van der Waals surface area contributed by atoms with E-state index in [1.165, 1.54) is 0 Å². The molecule has 1 unspecified atom stereocenters. The van der Waals surface area contributed by atoms with Crippen LogP contribution in [0.2, 0.25) is 0 Å². The van der Waals surface area contributed by atoms with Gasteiger partial charge < -0.3 is 15.0 Å². The Morgan fingerprint density at radius 2 is 1.68 bits per heavy atom. The zero-order chi connectivity index (χ0) is 23.9. The Morgan fingerprint density at radius 1 is 0.971 bits per heavy atom. The third-order valence-electron chi connectivity index (χ3n) is 6.22. The maximum absolute atomic E-state index is 13.2. The molecule has 1 heterocycles. The molecule has 0 aliphatic carbocycles. The average Bonchev–Trinajstić information content (AvgIpc) is 2.87. The summed E-state index contributed by atoms with van der Waals surface area (Å²) in [5.74, 6) is 0.578. The smallest absolute Gasteiger partial charge is 0.324 e. The van der Waals surface area contributed by atoms with Crippen LogP contribution < -0.4 is 15.0 Å². The van der Waals surface area contributed by atoms with Crippen LogP contribution in [0.3, 0.4) is 0 Å². The molecule has 1 atom stereocenters. The first kappa shape index (κ1) is 23.4. The molecule has 3 aromatic rings. The zero-order valence-corrected chi connectivity index (χ0v) is 19.7. The van der Waals surface area contributed by atoms with E-state index in [1.807, 2.05) is 90.7 Å². The lowest BCUT2D eigenvalue weighted by molar-refractivity contribution is -0.117. The normalized spacial score (nSPS) is 14.6. The SMILES string of the molecule is CCC(C(=O)Nc1ccc(N2CCCN(Cc3ccc(OC)cc3)C2=O)cc1)c1ccccc1. The highest BCUT2D eigenvalue weighted by Crippen LogP contribution is 2.25. The minimum absolute atomic E-state index is 0.00558. The molecule has 1 aliphatic rings. The first-order valence-corrected chi connectivity index (χ1v) is 11.7. The number of anilines is 2. The van der Waals surface area contributed by atoms with Gasteiger partial charge in [0, 0.05) is 31.0 Å². The van der Waals surface area contributed by atoms with Crippen molar-refractivity contribution in [2.75, 3.05) is 30.4 Å². The molecule has 1 fully saturated rings. The fraction of sp³-hybridized carbons (Fsp3) is 0.286. The molecular formula is C28H31N3O3. The van der Waals surface area contributed by atoms with Crippen LogP contribution in [0.1, 0.15) is 36.8 Å². The predicted octanol–water partition coefficient (Wildman–Crippen LogP) is 5.66. The number of carbonyl (C=O) groups is 2. The maximum atomic E-state index is 13.2. The minimum atomic E-state index is -0.198. The Hall–Kier alpha value is -3.80. The lowest BCUT2D eigenvalue weighted by atomic mass is 9.95. The number of benzene rings is 3. The van der Waals surface area contributed by atoms with Crippen molar-refractivity contribution in [3.8, 4) is 5.75 Å². The number of hydrogen-bond acceptors (Lipinski definition) is 3. The van der Waals surface area contributed by atoms with Gasteiger partial charge in [0.25, 0.3) is 0 Å². The summed E-state index contributed by atoms with van der Waals surface area (Å²) in [6.07, 6.45) is 1.62. The molecule has 0 bridgehead atoms. The average molecular weight is 458 g/mol. The fourth-order valence-electron chi connectivity index (χ4n) is 4.33. The number of nitrogens with one attached hydrogen (secondary N) is 1. The highest BCUT2D eigenvalue weighted by Gasteiger charge is 2.27. The van der Waals surface area contributed by atoms with E-state index < -0.39 is 0 Å². The molecular weight excluding hydrogens is 426 g/mol. The van der Waals surface area contributed by atoms with Crippen molar-refractivity contribution in [3.63, 3.8) is 0 Å². The van der Waals surface area contributed by atoms with Crippen molar-refractivity contribution in [1.82, 2.24) is 4.90 Å². The lowest BCUT2D eigenvalue weighted by Crippen LogP contribution is -2.49. The van der Waals surface area contributed by atoms with Gasteiger partial charge in [0.05, 0.1) is 13.0 Å². The van der Waals surface area contributed by atoms with Crippen LogP contribution in [-0.2, 0) is 11.3 Å². The second kappa shape index (κ2) is 10.9. The number of rotatable bonds is 8. The van der Waals surface area contributed by atoms with Crippen LogP contribution in [0.4, 0.5) is 16.2 Å². The van der Waals surface area contributed by atoms with E-state index in [-0.39, 0.29) is 17.9 Å². The number of hydrogen-bond donors (Lipinski definition) is 1. The van der Waals surface area contributed by atoms with Crippen LogP contribution in [0, 0.1) is 0 Å². The summed E-state index contributed by atoms with van der Waals surface area (Å²) >= 11 is 0. The zero-order valence-electron chi connectivity index (χ0n) is 19.7.